The predicted molar refractivity (Wildman–Crippen MR) is 131 cm³/mol. The molecule has 4 nitrogen and oxygen atoms in total. The fraction of sp³-hybridized carbons (Fsp3) is 0.609. The lowest BCUT2D eigenvalue weighted by atomic mass is 9.96. The van der Waals surface area contributed by atoms with Crippen molar-refractivity contribution in [2.45, 2.75) is 39.0 Å². The molecule has 156 valence electrons. The molecule has 0 saturated carbocycles. The van der Waals surface area contributed by atoms with Gasteiger partial charge in [0, 0.05) is 26.7 Å². The first-order valence-electron chi connectivity index (χ1n) is 10.7. The van der Waals surface area contributed by atoms with E-state index in [0.29, 0.717) is 0 Å². The molecule has 1 aromatic carbocycles. The van der Waals surface area contributed by atoms with Crippen LogP contribution in [-0.4, -0.2) is 62.1 Å². The normalized spacial score (nSPS) is 19.3. The predicted octanol–water partition coefficient (Wildman–Crippen LogP) is 4.48. The van der Waals surface area contributed by atoms with Crippen molar-refractivity contribution in [3.05, 3.63) is 41.5 Å². The van der Waals surface area contributed by atoms with Crippen LogP contribution in [0.15, 0.2) is 40.9 Å². The lowest BCUT2D eigenvalue weighted by molar-refractivity contribution is 0.184. The van der Waals surface area contributed by atoms with Crippen LogP contribution in [0.5, 0.6) is 0 Å². The van der Waals surface area contributed by atoms with E-state index in [1.807, 2.05) is 7.05 Å². The van der Waals surface area contributed by atoms with E-state index in [2.05, 4.69) is 63.4 Å². The van der Waals surface area contributed by atoms with Crippen molar-refractivity contribution in [2.75, 3.05) is 46.3 Å². The molecule has 2 aliphatic rings. The highest BCUT2D eigenvalue weighted by molar-refractivity contribution is 14.0. The van der Waals surface area contributed by atoms with Gasteiger partial charge in [-0.1, -0.05) is 48.9 Å². The van der Waals surface area contributed by atoms with Gasteiger partial charge in [-0.25, -0.2) is 0 Å². The zero-order valence-electron chi connectivity index (χ0n) is 17.6. The summed E-state index contributed by atoms with van der Waals surface area (Å²) in [6, 6.07) is 10.7. The standard InChI is InChI=1S/C23H36N4.HI/c1-3-13-26-14-9-22(10-15-26)19-25-23(24-2)27-16-11-21(12-17-27)18-20-7-5-4-6-8-20;/h4-8,18,22H,3,9-17,19H2,1-2H3,(H,24,25);1H. The van der Waals surface area contributed by atoms with Gasteiger partial charge in [0.1, 0.15) is 0 Å². The van der Waals surface area contributed by atoms with Crippen LogP contribution in [0.1, 0.15) is 44.6 Å². The van der Waals surface area contributed by atoms with E-state index >= 15 is 0 Å². The molecular formula is C23H37IN4. The Morgan fingerprint density at radius 3 is 2.39 bits per heavy atom. The van der Waals surface area contributed by atoms with E-state index < -0.39 is 0 Å². The van der Waals surface area contributed by atoms with Crippen LogP contribution in [-0.2, 0) is 0 Å². The first-order chi connectivity index (χ1) is 13.3. The second kappa shape index (κ2) is 12.5. The van der Waals surface area contributed by atoms with Crippen molar-refractivity contribution in [3.63, 3.8) is 0 Å². The third-order valence-corrected chi connectivity index (χ3v) is 5.88. The molecular weight excluding hydrogens is 459 g/mol. The van der Waals surface area contributed by atoms with Crippen LogP contribution in [0.2, 0.25) is 0 Å². The quantitative estimate of drug-likeness (QED) is 0.371. The third kappa shape index (κ3) is 7.07. The highest BCUT2D eigenvalue weighted by Gasteiger charge is 2.21. The summed E-state index contributed by atoms with van der Waals surface area (Å²) in [5.41, 5.74) is 2.87. The summed E-state index contributed by atoms with van der Waals surface area (Å²) in [6.07, 6.45) is 8.51. The Labute approximate surface area is 188 Å². The number of hydrogen-bond donors (Lipinski definition) is 1. The van der Waals surface area contributed by atoms with Crippen LogP contribution >= 0.6 is 24.0 Å². The Bertz CT molecular complexity index is 611. The highest BCUT2D eigenvalue weighted by Crippen LogP contribution is 2.20. The maximum atomic E-state index is 4.55. The van der Waals surface area contributed by atoms with E-state index in [1.165, 1.54) is 44.5 Å². The van der Waals surface area contributed by atoms with Crippen molar-refractivity contribution in [3.8, 4) is 0 Å². The summed E-state index contributed by atoms with van der Waals surface area (Å²) in [7, 11) is 1.92. The molecule has 2 aliphatic heterocycles. The smallest absolute Gasteiger partial charge is 0.193 e. The van der Waals surface area contributed by atoms with Crippen LogP contribution in [0, 0.1) is 5.92 Å². The number of likely N-dealkylation sites (tertiary alicyclic amines) is 2. The van der Waals surface area contributed by atoms with Gasteiger partial charge in [0.05, 0.1) is 0 Å². The molecule has 0 unspecified atom stereocenters. The summed E-state index contributed by atoms with van der Waals surface area (Å²) in [5, 5.41) is 3.66. The Morgan fingerprint density at radius 1 is 1.11 bits per heavy atom. The maximum Gasteiger partial charge on any atom is 0.193 e. The Balaban J connectivity index is 0.00000280. The van der Waals surface area contributed by atoms with Crippen LogP contribution in [0.25, 0.3) is 6.08 Å². The van der Waals surface area contributed by atoms with Crippen molar-refractivity contribution in [2.24, 2.45) is 10.9 Å². The fourth-order valence-corrected chi connectivity index (χ4v) is 4.23. The molecule has 2 fully saturated rings. The number of rotatable bonds is 5. The Hall–Kier alpha value is -1.08. The summed E-state index contributed by atoms with van der Waals surface area (Å²) in [6.45, 7) is 9.24. The van der Waals surface area contributed by atoms with Crippen molar-refractivity contribution in [1.29, 1.82) is 0 Å². The Kier molecular flexibility index (Phi) is 10.3. The van der Waals surface area contributed by atoms with E-state index in [0.717, 1.165) is 44.4 Å². The van der Waals surface area contributed by atoms with Crippen molar-refractivity contribution in [1.82, 2.24) is 15.1 Å². The molecule has 0 spiro atoms. The van der Waals surface area contributed by atoms with Crippen molar-refractivity contribution >= 4 is 36.0 Å². The molecule has 2 heterocycles. The number of guanidine groups is 1. The third-order valence-electron chi connectivity index (χ3n) is 5.88. The monoisotopic (exact) mass is 496 g/mol. The van der Waals surface area contributed by atoms with Gasteiger partial charge in [-0.15, -0.1) is 24.0 Å². The molecule has 0 aliphatic carbocycles. The van der Waals surface area contributed by atoms with Crippen molar-refractivity contribution < 1.29 is 0 Å². The number of nitrogens with zero attached hydrogens (tertiary/aromatic N) is 3. The number of nitrogens with one attached hydrogen (secondary N) is 1. The average molecular weight is 496 g/mol. The van der Waals surface area contributed by atoms with Gasteiger partial charge in [-0.05, 0) is 63.2 Å². The molecule has 28 heavy (non-hydrogen) atoms. The molecule has 2 saturated heterocycles. The molecule has 1 N–H and O–H groups in total. The van der Waals surface area contributed by atoms with Gasteiger partial charge >= 0.3 is 0 Å². The lowest BCUT2D eigenvalue weighted by Crippen LogP contribution is -2.47. The van der Waals surface area contributed by atoms with Gasteiger partial charge in [0.25, 0.3) is 0 Å². The first kappa shape index (κ1) is 23.2. The number of piperidine rings is 2. The first-order valence-corrected chi connectivity index (χ1v) is 10.7. The number of benzene rings is 1. The van der Waals surface area contributed by atoms with Gasteiger partial charge in [-0.2, -0.15) is 0 Å². The highest BCUT2D eigenvalue weighted by atomic mass is 127. The zero-order chi connectivity index (χ0) is 18.9. The van der Waals surface area contributed by atoms with Crippen LogP contribution in [0.4, 0.5) is 0 Å². The summed E-state index contributed by atoms with van der Waals surface area (Å²) >= 11 is 0. The summed E-state index contributed by atoms with van der Waals surface area (Å²) in [4.78, 5) is 9.58. The van der Waals surface area contributed by atoms with Gasteiger partial charge in [0.15, 0.2) is 5.96 Å². The molecule has 3 rings (SSSR count). The Morgan fingerprint density at radius 2 is 1.79 bits per heavy atom. The van der Waals surface area contributed by atoms with E-state index in [4.69, 9.17) is 0 Å². The van der Waals surface area contributed by atoms with Gasteiger partial charge in [0.2, 0.25) is 0 Å². The zero-order valence-corrected chi connectivity index (χ0v) is 19.9. The SMILES string of the molecule is CCCN1CCC(CNC(=NC)N2CCC(=Cc3ccccc3)CC2)CC1.I. The molecule has 5 heteroatoms. The molecule has 0 atom stereocenters. The van der Waals surface area contributed by atoms with Gasteiger partial charge < -0.3 is 15.1 Å². The molecule has 0 bridgehead atoms. The van der Waals surface area contributed by atoms with E-state index in [-0.39, 0.29) is 24.0 Å². The summed E-state index contributed by atoms with van der Waals surface area (Å²) < 4.78 is 0. The maximum absolute atomic E-state index is 4.55. The number of aliphatic imine (C=N–C) groups is 1. The number of halogens is 1. The van der Waals surface area contributed by atoms with Crippen LogP contribution in [0.3, 0.4) is 0 Å². The van der Waals surface area contributed by atoms with Crippen LogP contribution < -0.4 is 5.32 Å². The molecule has 0 aromatic heterocycles. The molecule has 1 aromatic rings. The second-order valence-corrected chi connectivity index (χ2v) is 7.91. The van der Waals surface area contributed by atoms with Gasteiger partial charge in [-0.3, -0.25) is 4.99 Å². The minimum absolute atomic E-state index is 0. The lowest BCUT2D eigenvalue weighted by Gasteiger charge is -2.34. The minimum Gasteiger partial charge on any atom is -0.356 e. The van der Waals surface area contributed by atoms with E-state index in [9.17, 15) is 0 Å². The van der Waals surface area contributed by atoms with E-state index in [1.54, 1.807) is 5.57 Å². The molecule has 0 radical (unpaired) electrons. The topological polar surface area (TPSA) is 30.9 Å². The number of hydrogen-bond acceptors (Lipinski definition) is 2. The summed E-state index contributed by atoms with van der Waals surface area (Å²) in [5.74, 6) is 1.87. The average Bonchev–Trinajstić information content (AvgIpc) is 2.72. The largest absolute Gasteiger partial charge is 0.356 e. The molecule has 0 amide bonds. The fourth-order valence-electron chi connectivity index (χ4n) is 4.23. The second-order valence-electron chi connectivity index (χ2n) is 7.91. The minimum atomic E-state index is 0.